The topological polar surface area (TPSA) is 112 Å². The third-order valence-electron chi connectivity index (χ3n) is 4.18. The summed E-state index contributed by atoms with van der Waals surface area (Å²) < 4.78 is 10.6. The number of nitrogens with one attached hydrogen (secondary N) is 1. The van der Waals surface area contributed by atoms with Gasteiger partial charge < -0.3 is 14.5 Å². The Balaban J connectivity index is 1.63. The van der Waals surface area contributed by atoms with Crippen molar-refractivity contribution in [3.8, 4) is 0 Å². The van der Waals surface area contributed by atoms with E-state index in [0.717, 1.165) is 10.9 Å². The molecular weight excluding hydrogens is 364 g/mol. The highest BCUT2D eigenvalue weighted by molar-refractivity contribution is 5.97. The summed E-state index contributed by atoms with van der Waals surface area (Å²) in [5, 5.41) is 14.2. The maximum Gasteiger partial charge on any atom is 0.311 e. The first-order valence-corrected chi connectivity index (χ1v) is 8.55. The fraction of sp³-hybridized carbons (Fsp3) is 0.200. The molecule has 0 spiro atoms. The van der Waals surface area contributed by atoms with Crippen LogP contribution in [0, 0.1) is 17.0 Å². The van der Waals surface area contributed by atoms with Gasteiger partial charge in [0, 0.05) is 17.0 Å². The molecule has 8 nitrogen and oxygen atoms in total. The first-order valence-electron chi connectivity index (χ1n) is 8.55. The Labute approximate surface area is 160 Å². The number of nitrogens with zero attached hydrogens (tertiary/aromatic N) is 1. The van der Waals surface area contributed by atoms with Gasteiger partial charge in [-0.05, 0) is 31.5 Å². The molecule has 0 bridgehead atoms. The molecule has 3 aromatic rings. The summed E-state index contributed by atoms with van der Waals surface area (Å²) in [5.74, 6) is -1.26. The smallest absolute Gasteiger partial charge is 0.311 e. The number of fused-ring (bicyclic) bond motifs is 1. The summed E-state index contributed by atoms with van der Waals surface area (Å²) in [6.07, 6.45) is 0.315. The first-order chi connectivity index (χ1) is 13.3. The quantitative estimate of drug-likeness (QED) is 0.395. The Bertz CT molecular complexity index is 1060. The van der Waals surface area contributed by atoms with Crippen LogP contribution in [0.4, 0.5) is 11.4 Å². The predicted octanol–water partition coefficient (Wildman–Crippen LogP) is 3.76. The molecule has 0 saturated carbocycles. The largest absolute Gasteiger partial charge is 0.464 e. The summed E-state index contributed by atoms with van der Waals surface area (Å²) in [6, 6.07) is 11.4. The monoisotopic (exact) mass is 382 g/mol. The summed E-state index contributed by atoms with van der Waals surface area (Å²) in [7, 11) is 0. The van der Waals surface area contributed by atoms with Crippen molar-refractivity contribution in [1.82, 2.24) is 0 Å². The molecule has 0 aliphatic rings. The standard InChI is InChI=1S/C20H18N2O6/c1-12-7-8-15-14(11-27-18(15)9-12)10-19(23)28-13(2)20(24)21-16-5-3-4-6-17(16)22(25)26/h3-9,11,13H,10H2,1-2H3,(H,21,24). The molecule has 1 atom stereocenters. The van der Waals surface area contributed by atoms with E-state index in [-0.39, 0.29) is 17.8 Å². The van der Waals surface area contributed by atoms with Crippen LogP contribution in [0.1, 0.15) is 18.1 Å². The van der Waals surface area contributed by atoms with Crippen LogP contribution in [0.15, 0.2) is 53.1 Å². The second kappa shape index (κ2) is 7.91. The molecule has 28 heavy (non-hydrogen) atoms. The van der Waals surface area contributed by atoms with Crippen LogP contribution in [0.25, 0.3) is 11.0 Å². The summed E-state index contributed by atoms with van der Waals surface area (Å²) in [6.45, 7) is 3.34. The van der Waals surface area contributed by atoms with Crippen LogP contribution in [0.3, 0.4) is 0 Å². The zero-order valence-electron chi connectivity index (χ0n) is 15.3. The van der Waals surface area contributed by atoms with Gasteiger partial charge in [0.2, 0.25) is 0 Å². The molecule has 1 unspecified atom stereocenters. The van der Waals surface area contributed by atoms with Gasteiger partial charge in [-0.1, -0.05) is 24.3 Å². The summed E-state index contributed by atoms with van der Waals surface area (Å²) >= 11 is 0. The van der Waals surface area contributed by atoms with Crippen molar-refractivity contribution in [2.75, 3.05) is 5.32 Å². The van der Waals surface area contributed by atoms with E-state index in [1.165, 1.54) is 31.4 Å². The van der Waals surface area contributed by atoms with Gasteiger partial charge in [-0.25, -0.2) is 0 Å². The normalized spacial score (nSPS) is 11.8. The maximum atomic E-state index is 12.2. The SMILES string of the molecule is Cc1ccc2c(CC(=O)OC(C)C(=O)Nc3ccccc3[N+](=O)[O-])coc2c1. The zero-order valence-corrected chi connectivity index (χ0v) is 15.3. The number of furan rings is 1. The lowest BCUT2D eigenvalue weighted by atomic mass is 10.1. The molecule has 1 aromatic heterocycles. The second-order valence-corrected chi connectivity index (χ2v) is 6.33. The van der Waals surface area contributed by atoms with Crippen LogP contribution in [0.2, 0.25) is 0 Å². The molecular formula is C20H18N2O6. The van der Waals surface area contributed by atoms with E-state index in [2.05, 4.69) is 5.32 Å². The number of nitro benzene ring substituents is 1. The molecule has 8 heteroatoms. The number of carbonyl (C=O) groups excluding carboxylic acids is 2. The van der Waals surface area contributed by atoms with E-state index in [1.54, 1.807) is 6.07 Å². The van der Waals surface area contributed by atoms with Crippen molar-refractivity contribution in [3.05, 3.63) is 70.0 Å². The Hall–Kier alpha value is -3.68. The lowest BCUT2D eigenvalue weighted by molar-refractivity contribution is -0.383. The molecule has 0 aliphatic heterocycles. The number of amides is 1. The van der Waals surface area contributed by atoms with E-state index in [4.69, 9.17) is 9.15 Å². The molecule has 1 amide bonds. The van der Waals surface area contributed by atoms with Crippen molar-refractivity contribution in [3.63, 3.8) is 0 Å². The highest BCUT2D eigenvalue weighted by Gasteiger charge is 2.22. The Morgan fingerprint density at radius 2 is 2.00 bits per heavy atom. The van der Waals surface area contributed by atoms with Gasteiger partial charge >= 0.3 is 5.97 Å². The molecule has 3 rings (SSSR count). The fourth-order valence-corrected chi connectivity index (χ4v) is 2.75. The lowest BCUT2D eigenvalue weighted by Crippen LogP contribution is -2.30. The highest BCUT2D eigenvalue weighted by atomic mass is 16.6. The molecule has 0 fully saturated rings. The molecule has 144 valence electrons. The number of esters is 1. The van der Waals surface area contributed by atoms with Gasteiger partial charge in [0.25, 0.3) is 11.6 Å². The Kier molecular flexibility index (Phi) is 5.39. The van der Waals surface area contributed by atoms with Gasteiger partial charge in [0.1, 0.15) is 11.3 Å². The average Bonchev–Trinajstić information content (AvgIpc) is 3.03. The highest BCUT2D eigenvalue weighted by Crippen LogP contribution is 2.24. The molecule has 2 aromatic carbocycles. The van der Waals surface area contributed by atoms with Crippen molar-refractivity contribution < 1.29 is 23.7 Å². The van der Waals surface area contributed by atoms with Crippen LogP contribution in [-0.4, -0.2) is 22.9 Å². The number of benzene rings is 2. The zero-order chi connectivity index (χ0) is 20.3. The number of carbonyl (C=O) groups is 2. The molecule has 1 N–H and O–H groups in total. The van der Waals surface area contributed by atoms with Gasteiger partial charge in [0.05, 0.1) is 17.6 Å². The van der Waals surface area contributed by atoms with Crippen molar-refractivity contribution >= 4 is 34.2 Å². The van der Waals surface area contributed by atoms with Gasteiger partial charge in [-0.15, -0.1) is 0 Å². The summed E-state index contributed by atoms with van der Waals surface area (Å²) in [5.41, 5.74) is 2.17. The lowest BCUT2D eigenvalue weighted by Gasteiger charge is -2.13. The predicted molar refractivity (Wildman–Crippen MR) is 102 cm³/mol. The fourth-order valence-electron chi connectivity index (χ4n) is 2.75. The van der Waals surface area contributed by atoms with Gasteiger partial charge in [0.15, 0.2) is 6.10 Å². The maximum absolute atomic E-state index is 12.2. The van der Waals surface area contributed by atoms with E-state index >= 15 is 0 Å². The number of nitro groups is 1. The molecule has 0 radical (unpaired) electrons. The van der Waals surface area contributed by atoms with Crippen LogP contribution in [0.5, 0.6) is 0 Å². The van der Waals surface area contributed by atoms with E-state index in [0.29, 0.717) is 11.1 Å². The number of anilines is 1. The van der Waals surface area contributed by atoms with Gasteiger partial charge in [-0.2, -0.15) is 0 Å². The van der Waals surface area contributed by atoms with Crippen LogP contribution >= 0.6 is 0 Å². The van der Waals surface area contributed by atoms with Crippen molar-refractivity contribution in [1.29, 1.82) is 0 Å². The minimum atomic E-state index is -1.12. The van der Waals surface area contributed by atoms with Crippen LogP contribution in [-0.2, 0) is 20.7 Å². The summed E-state index contributed by atoms with van der Waals surface area (Å²) in [4.78, 5) is 34.9. The number of hydrogen-bond acceptors (Lipinski definition) is 6. The van der Waals surface area contributed by atoms with E-state index < -0.39 is 22.9 Å². The number of aryl methyl sites for hydroxylation is 1. The average molecular weight is 382 g/mol. The third kappa shape index (κ3) is 4.17. The Morgan fingerprint density at radius 3 is 2.75 bits per heavy atom. The molecule has 0 saturated heterocycles. The van der Waals surface area contributed by atoms with Crippen molar-refractivity contribution in [2.45, 2.75) is 26.4 Å². The van der Waals surface area contributed by atoms with E-state index in [1.807, 2.05) is 25.1 Å². The minimum absolute atomic E-state index is 0.0385. The van der Waals surface area contributed by atoms with Crippen molar-refractivity contribution in [2.24, 2.45) is 0 Å². The minimum Gasteiger partial charge on any atom is -0.464 e. The second-order valence-electron chi connectivity index (χ2n) is 6.33. The molecule has 1 heterocycles. The van der Waals surface area contributed by atoms with Gasteiger partial charge in [-0.3, -0.25) is 19.7 Å². The first kappa shape index (κ1) is 19.1. The Morgan fingerprint density at radius 1 is 1.25 bits per heavy atom. The number of hydrogen-bond donors (Lipinski definition) is 1. The number of rotatable bonds is 6. The molecule has 0 aliphatic carbocycles. The number of ether oxygens (including phenoxy) is 1. The number of para-hydroxylation sites is 2. The van der Waals surface area contributed by atoms with E-state index in [9.17, 15) is 19.7 Å². The third-order valence-corrected chi connectivity index (χ3v) is 4.18. The van der Waals surface area contributed by atoms with Crippen LogP contribution < -0.4 is 5.32 Å².